The summed E-state index contributed by atoms with van der Waals surface area (Å²) in [6.07, 6.45) is 0. The van der Waals surface area contributed by atoms with Crippen LogP contribution in [0.1, 0.15) is 12.6 Å². The number of amides is 1. The lowest BCUT2D eigenvalue weighted by atomic mass is 10.1. The maximum absolute atomic E-state index is 11.4. The van der Waals surface area contributed by atoms with Gasteiger partial charge in [0.15, 0.2) is 0 Å². The second-order valence-electron chi connectivity index (χ2n) is 6.33. The third kappa shape index (κ3) is 2.73. The Morgan fingerprint density at radius 2 is 1.96 bits per heavy atom. The molecule has 2 aromatic heterocycles. The molecule has 0 saturated carbocycles. The number of benzene rings is 1. The molecule has 25 heavy (non-hydrogen) atoms. The molecule has 0 unspecified atom stereocenters. The van der Waals surface area contributed by atoms with Crippen molar-refractivity contribution in [2.45, 2.75) is 13.8 Å². The maximum atomic E-state index is 11.4. The Hall–Kier alpha value is -2.90. The number of hydrogen-bond donors (Lipinski definition) is 0. The highest BCUT2D eigenvalue weighted by Gasteiger charge is 2.23. The standard InChI is InChI=1S/C17H20N6O2/c1-11-14-5-4-13(10-15(14)21(3)19-11)16-18-17(25-20-16)23-8-6-22(7-9-23)12(2)24/h4-5,10H,6-9H2,1-3H3. The summed E-state index contributed by atoms with van der Waals surface area (Å²) in [5, 5.41) is 9.68. The van der Waals surface area contributed by atoms with Crippen LogP contribution in [0.3, 0.4) is 0 Å². The molecule has 130 valence electrons. The van der Waals surface area contributed by atoms with Crippen molar-refractivity contribution >= 4 is 22.8 Å². The second kappa shape index (κ2) is 5.87. The minimum Gasteiger partial charge on any atom is -0.339 e. The van der Waals surface area contributed by atoms with Crippen molar-refractivity contribution in [3.63, 3.8) is 0 Å². The van der Waals surface area contributed by atoms with Crippen LogP contribution in [0.15, 0.2) is 22.7 Å². The number of hydrogen-bond acceptors (Lipinski definition) is 6. The van der Waals surface area contributed by atoms with Crippen molar-refractivity contribution in [3.05, 3.63) is 23.9 Å². The van der Waals surface area contributed by atoms with Crippen molar-refractivity contribution in [1.29, 1.82) is 0 Å². The minimum absolute atomic E-state index is 0.102. The molecule has 8 nitrogen and oxygen atoms in total. The lowest BCUT2D eigenvalue weighted by molar-refractivity contribution is -0.129. The molecule has 1 saturated heterocycles. The Balaban J connectivity index is 1.57. The molecule has 0 aliphatic carbocycles. The summed E-state index contributed by atoms with van der Waals surface area (Å²) in [6, 6.07) is 6.55. The van der Waals surface area contributed by atoms with Gasteiger partial charge in [0.1, 0.15) is 0 Å². The van der Waals surface area contributed by atoms with Crippen molar-refractivity contribution in [3.8, 4) is 11.4 Å². The van der Waals surface area contributed by atoms with Crippen LogP contribution in [0.2, 0.25) is 0 Å². The summed E-state index contributed by atoms with van der Waals surface area (Å²) in [4.78, 5) is 19.8. The van der Waals surface area contributed by atoms with Crippen molar-refractivity contribution < 1.29 is 9.32 Å². The van der Waals surface area contributed by atoms with Crippen LogP contribution in [0.4, 0.5) is 6.01 Å². The van der Waals surface area contributed by atoms with Gasteiger partial charge in [-0.25, -0.2) is 0 Å². The number of aromatic nitrogens is 4. The SMILES string of the molecule is CC(=O)N1CCN(c2nc(-c3ccc4c(C)nn(C)c4c3)no2)CC1. The molecule has 1 fully saturated rings. The molecule has 0 atom stereocenters. The Morgan fingerprint density at radius 3 is 2.68 bits per heavy atom. The normalized spacial score (nSPS) is 15.2. The number of rotatable bonds is 2. The number of fused-ring (bicyclic) bond motifs is 1. The van der Waals surface area contributed by atoms with Gasteiger partial charge in [-0.05, 0) is 13.0 Å². The third-order valence-electron chi connectivity index (χ3n) is 4.71. The molecule has 0 radical (unpaired) electrons. The molecule has 0 bridgehead atoms. The molecular weight excluding hydrogens is 320 g/mol. The molecule has 1 amide bonds. The highest BCUT2D eigenvalue weighted by atomic mass is 16.5. The smallest absolute Gasteiger partial charge is 0.324 e. The van der Waals surface area contributed by atoms with E-state index >= 15 is 0 Å². The van der Waals surface area contributed by atoms with Gasteiger partial charge in [-0.15, -0.1) is 0 Å². The van der Waals surface area contributed by atoms with E-state index in [9.17, 15) is 4.79 Å². The largest absolute Gasteiger partial charge is 0.339 e. The summed E-state index contributed by atoms with van der Waals surface area (Å²) >= 11 is 0. The van der Waals surface area contributed by atoms with E-state index in [1.807, 2.05) is 46.7 Å². The monoisotopic (exact) mass is 340 g/mol. The second-order valence-corrected chi connectivity index (χ2v) is 6.33. The van der Waals surface area contributed by atoms with Crippen LogP contribution in [-0.2, 0) is 11.8 Å². The van der Waals surface area contributed by atoms with Crippen LogP contribution in [0.25, 0.3) is 22.3 Å². The van der Waals surface area contributed by atoms with Crippen molar-refractivity contribution in [2.24, 2.45) is 7.05 Å². The van der Waals surface area contributed by atoms with Gasteiger partial charge in [0, 0.05) is 51.1 Å². The van der Waals surface area contributed by atoms with Crippen molar-refractivity contribution in [2.75, 3.05) is 31.1 Å². The fourth-order valence-corrected chi connectivity index (χ4v) is 3.25. The summed E-state index contributed by atoms with van der Waals surface area (Å²) < 4.78 is 7.30. The number of anilines is 1. The molecule has 1 aliphatic rings. The van der Waals surface area contributed by atoms with Gasteiger partial charge in [0.25, 0.3) is 0 Å². The van der Waals surface area contributed by atoms with E-state index < -0.39 is 0 Å². The summed E-state index contributed by atoms with van der Waals surface area (Å²) in [6.45, 7) is 6.33. The molecule has 4 rings (SSSR count). The predicted molar refractivity (Wildman–Crippen MR) is 93.2 cm³/mol. The van der Waals surface area contributed by atoms with E-state index in [1.165, 1.54) is 0 Å². The maximum Gasteiger partial charge on any atom is 0.324 e. The first-order valence-corrected chi connectivity index (χ1v) is 8.31. The Kier molecular flexibility index (Phi) is 3.67. The Morgan fingerprint density at radius 1 is 1.20 bits per heavy atom. The van der Waals surface area contributed by atoms with Gasteiger partial charge >= 0.3 is 6.01 Å². The van der Waals surface area contributed by atoms with Crippen LogP contribution >= 0.6 is 0 Å². The molecule has 0 spiro atoms. The molecule has 3 heterocycles. The van der Waals surface area contributed by atoms with Crippen molar-refractivity contribution in [1.82, 2.24) is 24.8 Å². The number of nitrogens with zero attached hydrogens (tertiary/aromatic N) is 6. The number of carbonyl (C=O) groups is 1. The third-order valence-corrected chi connectivity index (χ3v) is 4.71. The van der Waals surface area contributed by atoms with Gasteiger partial charge in [-0.3, -0.25) is 9.48 Å². The molecule has 8 heteroatoms. The minimum atomic E-state index is 0.102. The summed E-state index contributed by atoms with van der Waals surface area (Å²) in [5.41, 5.74) is 2.94. The number of carbonyl (C=O) groups excluding carboxylic acids is 1. The van der Waals surface area contributed by atoms with E-state index in [4.69, 9.17) is 4.52 Å². The van der Waals surface area contributed by atoms with Gasteiger partial charge in [-0.1, -0.05) is 17.3 Å². The first-order valence-electron chi connectivity index (χ1n) is 8.31. The fourth-order valence-electron chi connectivity index (χ4n) is 3.25. The molecular formula is C17H20N6O2. The van der Waals surface area contributed by atoms with E-state index in [1.54, 1.807) is 6.92 Å². The predicted octanol–water partition coefficient (Wildman–Crippen LogP) is 1.60. The van der Waals surface area contributed by atoms with Gasteiger partial charge in [-0.2, -0.15) is 10.1 Å². The first-order chi connectivity index (χ1) is 12.0. The highest BCUT2D eigenvalue weighted by Crippen LogP contribution is 2.26. The average molecular weight is 340 g/mol. The zero-order valence-electron chi connectivity index (χ0n) is 14.6. The topological polar surface area (TPSA) is 80.3 Å². The molecule has 0 N–H and O–H groups in total. The highest BCUT2D eigenvalue weighted by molar-refractivity contribution is 5.85. The summed E-state index contributed by atoms with van der Waals surface area (Å²) in [5.74, 6) is 0.662. The van der Waals surface area contributed by atoms with Crippen LogP contribution < -0.4 is 4.90 Å². The lowest BCUT2D eigenvalue weighted by Crippen LogP contribution is -2.48. The van der Waals surface area contributed by atoms with E-state index in [-0.39, 0.29) is 5.91 Å². The number of piperazine rings is 1. The van der Waals surface area contributed by atoms with Gasteiger partial charge in [0.05, 0.1) is 11.2 Å². The number of aryl methyl sites for hydroxylation is 2. The van der Waals surface area contributed by atoms with Gasteiger partial charge < -0.3 is 14.3 Å². The van der Waals surface area contributed by atoms with Gasteiger partial charge in [0.2, 0.25) is 11.7 Å². The Bertz CT molecular complexity index is 936. The Labute approximate surface area is 145 Å². The zero-order valence-corrected chi connectivity index (χ0v) is 14.6. The van der Waals surface area contributed by atoms with Crippen LogP contribution in [0.5, 0.6) is 0 Å². The molecule has 3 aromatic rings. The molecule has 1 aliphatic heterocycles. The van der Waals surface area contributed by atoms with Crippen LogP contribution in [-0.4, -0.2) is 56.9 Å². The van der Waals surface area contributed by atoms with E-state index in [2.05, 4.69) is 15.2 Å². The lowest BCUT2D eigenvalue weighted by Gasteiger charge is -2.32. The quantitative estimate of drug-likeness (QED) is 0.705. The zero-order chi connectivity index (χ0) is 17.6. The average Bonchev–Trinajstić information content (AvgIpc) is 3.20. The van der Waals surface area contributed by atoms with Crippen LogP contribution in [0, 0.1) is 6.92 Å². The van der Waals surface area contributed by atoms with E-state index in [0.717, 1.165) is 22.2 Å². The van der Waals surface area contributed by atoms with E-state index in [0.29, 0.717) is 38.0 Å². The summed E-state index contributed by atoms with van der Waals surface area (Å²) in [7, 11) is 1.93. The first kappa shape index (κ1) is 15.6. The molecule has 1 aromatic carbocycles. The fraction of sp³-hybridized carbons (Fsp3) is 0.412.